The van der Waals surface area contributed by atoms with Crippen LogP contribution in [-0.2, 0) is 14.0 Å². The molecule has 1 amide bonds. The zero-order valence-corrected chi connectivity index (χ0v) is 20.9. The number of thiazole rings is 1. The zero-order chi connectivity index (χ0) is 23.3. The number of carbonyl (C=O) groups is 1. The molecule has 0 N–H and O–H groups in total. The van der Waals surface area contributed by atoms with Gasteiger partial charge in [0.1, 0.15) is 10.6 Å². The quantitative estimate of drug-likeness (QED) is 0.596. The fraction of sp³-hybridized carbons (Fsp3) is 0.583. The van der Waals surface area contributed by atoms with Crippen LogP contribution in [0, 0.1) is 0 Å². The van der Waals surface area contributed by atoms with Crippen LogP contribution in [0.2, 0.25) is 0 Å². The predicted molar refractivity (Wildman–Crippen MR) is 128 cm³/mol. The summed E-state index contributed by atoms with van der Waals surface area (Å²) >= 11 is 1.60. The van der Waals surface area contributed by atoms with E-state index in [1.807, 2.05) is 37.8 Å². The second-order valence-electron chi connectivity index (χ2n) is 10.6. The molecule has 172 valence electrons. The maximum Gasteiger partial charge on any atom is 0.494 e. The fourth-order valence-corrected chi connectivity index (χ4v) is 4.90. The first-order chi connectivity index (χ1) is 14.9. The van der Waals surface area contributed by atoms with Crippen molar-refractivity contribution in [1.82, 2.24) is 9.88 Å². The Morgan fingerprint density at radius 3 is 2.38 bits per heavy atom. The third-order valence-corrected chi connectivity index (χ3v) is 7.37. The van der Waals surface area contributed by atoms with Gasteiger partial charge in [-0.25, -0.2) is 9.78 Å². The molecule has 8 heteroatoms. The minimum Gasteiger partial charge on any atom is -0.444 e. The van der Waals surface area contributed by atoms with Crippen LogP contribution < -0.4 is 5.46 Å². The molecule has 32 heavy (non-hydrogen) atoms. The van der Waals surface area contributed by atoms with Crippen molar-refractivity contribution in [2.75, 3.05) is 6.54 Å². The van der Waals surface area contributed by atoms with Crippen molar-refractivity contribution in [2.45, 2.75) is 84.2 Å². The van der Waals surface area contributed by atoms with E-state index in [9.17, 15) is 4.79 Å². The third kappa shape index (κ3) is 4.59. The van der Waals surface area contributed by atoms with Gasteiger partial charge in [0, 0.05) is 17.5 Å². The van der Waals surface area contributed by atoms with Crippen LogP contribution in [-0.4, -0.2) is 46.4 Å². The average molecular weight is 456 g/mol. The van der Waals surface area contributed by atoms with Gasteiger partial charge in [-0.2, -0.15) is 0 Å². The minimum absolute atomic E-state index is 0.0207. The van der Waals surface area contributed by atoms with Gasteiger partial charge in [0.2, 0.25) is 0 Å². The van der Waals surface area contributed by atoms with Crippen molar-refractivity contribution < 1.29 is 18.8 Å². The van der Waals surface area contributed by atoms with Gasteiger partial charge >= 0.3 is 13.2 Å². The average Bonchev–Trinajstić information content (AvgIpc) is 3.38. The number of rotatable bonds is 3. The first kappa shape index (κ1) is 23.3. The number of ether oxygens (including phenoxy) is 1. The van der Waals surface area contributed by atoms with Gasteiger partial charge in [-0.15, -0.1) is 11.3 Å². The summed E-state index contributed by atoms with van der Waals surface area (Å²) < 4.78 is 17.9. The van der Waals surface area contributed by atoms with Gasteiger partial charge in [-0.05, 0) is 66.8 Å². The second kappa shape index (κ2) is 8.15. The summed E-state index contributed by atoms with van der Waals surface area (Å²) in [7, 11) is -0.374. The van der Waals surface area contributed by atoms with E-state index in [0.29, 0.717) is 6.54 Å². The Kier molecular flexibility index (Phi) is 5.93. The molecule has 4 rings (SSSR count). The van der Waals surface area contributed by atoms with Gasteiger partial charge in [-0.3, -0.25) is 4.90 Å². The number of carbonyl (C=O) groups excluding carboxylic acids is 1. The highest BCUT2D eigenvalue weighted by Crippen LogP contribution is 2.38. The third-order valence-electron chi connectivity index (χ3n) is 6.42. The Hall–Kier alpha value is -1.90. The molecule has 0 radical (unpaired) electrons. The predicted octanol–water partition coefficient (Wildman–Crippen LogP) is 5.18. The van der Waals surface area contributed by atoms with Crippen molar-refractivity contribution in [1.29, 1.82) is 0 Å². The number of likely N-dealkylation sites (tertiary alicyclic amines) is 1. The summed E-state index contributed by atoms with van der Waals surface area (Å²) in [5.74, 6) is 0. The second-order valence-corrected chi connectivity index (χ2v) is 11.5. The van der Waals surface area contributed by atoms with Gasteiger partial charge in [-0.1, -0.05) is 24.3 Å². The smallest absolute Gasteiger partial charge is 0.444 e. The maximum absolute atomic E-state index is 12.6. The summed E-state index contributed by atoms with van der Waals surface area (Å²) in [5.41, 5.74) is 1.73. The molecule has 1 atom stereocenters. The molecule has 0 spiro atoms. The monoisotopic (exact) mass is 456 g/mol. The fourth-order valence-electron chi connectivity index (χ4n) is 3.93. The highest BCUT2D eigenvalue weighted by Gasteiger charge is 2.51. The van der Waals surface area contributed by atoms with Gasteiger partial charge < -0.3 is 14.0 Å². The van der Waals surface area contributed by atoms with E-state index in [2.05, 4.69) is 45.2 Å². The van der Waals surface area contributed by atoms with E-state index in [4.69, 9.17) is 19.0 Å². The van der Waals surface area contributed by atoms with E-state index in [-0.39, 0.29) is 30.5 Å². The van der Waals surface area contributed by atoms with E-state index < -0.39 is 5.60 Å². The van der Waals surface area contributed by atoms with Crippen molar-refractivity contribution >= 4 is 30.0 Å². The Labute approximate surface area is 195 Å². The lowest BCUT2D eigenvalue weighted by Gasteiger charge is -2.32. The van der Waals surface area contributed by atoms with Gasteiger partial charge in [0.15, 0.2) is 0 Å². The largest absolute Gasteiger partial charge is 0.494 e. The lowest BCUT2D eigenvalue weighted by molar-refractivity contribution is 0.00578. The molecule has 0 saturated carbocycles. The van der Waals surface area contributed by atoms with E-state index in [1.54, 1.807) is 11.3 Å². The Balaban J connectivity index is 1.48. The molecule has 0 bridgehead atoms. The normalized spacial score (nSPS) is 22.4. The van der Waals surface area contributed by atoms with Gasteiger partial charge in [0.25, 0.3) is 0 Å². The van der Waals surface area contributed by atoms with Crippen LogP contribution in [0.5, 0.6) is 0 Å². The van der Waals surface area contributed by atoms with E-state index in [0.717, 1.165) is 34.6 Å². The number of benzene rings is 1. The van der Waals surface area contributed by atoms with Crippen molar-refractivity contribution in [3.05, 3.63) is 34.7 Å². The van der Waals surface area contributed by atoms with E-state index in [1.165, 1.54) is 0 Å². The van der Waals surface area contributed by atoms with Gasteiger partial charge in [0.05, 0.1) is 22.9 Å². The number of amides is 1. The molecule has 2 fully saturated rings. The molecule has 2 saturated heterocycles. The van der Waals surface area contributed by atoms with Crippen LogP contribution in [0.25, 0.3) is 11.3 Å². The minimum atomic E-state index is -0.503. The van der Waals surface area contributed by atoms with Crippen LogP contribution >= 0.6 is 11.3 Å². The highest BCUT2D eigenvalue weighted by atomic mass is 32.1. The van der Waals surface area contributed by atoms with E-state index >= 15 is 0 Å². The maximum atomic E-state index is 12.6. The number of aromatic nitrogens is 1. The summed E-state index contributed by atoms with van der Waals surface area (Å²) in [5, 5.41) is 3.02. The molecule has 6 nitrogen and oxygen atoms in total. The molecule has 2 aliphatic rings. The van der Waals surface area contributed by atoms with Crippen LogP contribution in [0.3, 0.4) is 0 Å². The summed E-state index contributed by atoms with van der Waals surface area (Å²) in [6.07, 6.45) is 1.61. The molecule has 1 aromatic carbocycles. The van der Waals surface area contributed by atoms with Crippen molar-refractivity contribution in [2.24, 2.45) is 0 Å². The summed E-state index contributed by atoms with van der Waals surface area (Å²) in [4.78, 5) is 19.3. The Morgan fingerprint density at radius 1 is 1.16 bits per heavy atom. The lowest BCUT2D eigenvalue weighted by atomic mass is 9.79. The van der Waals surface area contributed by atoms with Crippen molar-refractivity contribution in [3.63, 3.8) is 0 Å². The first-order valence-corrected chi connectivity index (χ1v) is 12.2. The molecule has 3 heterocycles. The molecule has 2 aliphatic heterocycles. The van der Waals surface area contributed by atoms with Crippen LogP contribution in [0.15, 0.2) is 29.6 Å². The zero-order valence-electron chi connectivity index (χ0n) is 20.1. The Morgan fingerprint density at radius 2 is 1.78 bits per heavy atom. The molecule has 0 aliphatic carbocycles. The Bertz CT molecular complexity index is 965. The SMILES string of the molecule is CC(C)(C)OC(=O)N1CCCC1c1nc(-c2ccc(B3OC(C)(C)C(C)(C)O3)cc2)cs1. The lowest BCUT2D eigenvalue weighted by Crippen LogP contribution is -2.41. The van der Waals surface area contributed by atoms with Crippen molar-refractivity contribution in [3.8, 4) is 11.3 Å². The summed E-state index contributed by atoms with van der Waals surface area (Å²) in [6, 6.07) is 8.17. The molecular formula is C24H33BN2O4S. The van der Waals surface area contributed by atoms with Crippen LogP contribution in [0.4, 0.5) is 4.79 Å². The molecule has 1 aromatic heterocycles. The summed E-state index contributed by atoms with van der Waals surface area (Å²) in [6.45, 7) is 14.6. The molecule has 1 unspecified atom stereocenters. The topological polar surface area (TPSA) is 60.9 Å². The standard InChI is InChI=1S/C24H33BN2O4S/c1-22(2,3)29-21(28)27-14-8-9-19(27)20-26-18(15-32-20)16-10-12-17(13-11-16)25-30-23(4,5)24(6,7)31-25/h10-13,15,19H,8-9,14H2,1-7H3. The number of hydrogen-bond donors (Lipinski definition) is 0. The molecular weight excluding hydrogens is 423 g/mol. The van der Waals surface area contributed by atoms with Crippen LogP contribution in [0.1, 0.15) is 72.4 Å². The highest BCUT2D eigenvalue weighted by molar-refractivity contribution is 7.10. The molecule has 2 aromatic rings. The number of hydrogen-bond acceptors (Lipinski definition) is 6. The number of nitrogens with zero attached hydrogens (tertiary/aromatic N) is 2. The first-order valence-electron chi connectivity index (χ1n) is 11.3.